The molecule has 86 valence electrons. The molecular weight excluding hydrogens is 206 g/mol. The summed E-state index contributed by atoms with van der Waals surface area (Å²) in [5.41, 5.74) is 2.46. The first-order chi connectivity index (χ1) is 7.15. The lowest BCUT2D eigenvalue weighted by Gasteiger charge is -2.06. The van der Waals surface area contributed by atoms with E-state index < -0.39 is 10.8 Å². The second-order valence-electron chi connectivity index (χ2n) is 3.07. The standard InChI is InChI=1S/C10H15NOS.C2H6/c1-8-4-5-10(13(3)12)6-9(8)7-11-2;1-2/h4-6,11H,7H2,1-3H3;1-2H3. The van der Waals surface area contributed by atoms with E-state index in [1.54, 1.807) is 6.26 Å². The van der Waals surface area contributed by atoms with E-state index in [1.165, 1.54) is 11.1 Å². The number of nitrogens with one attached hydrogen (secondary N) is 1. The van der Waals surface area contributed by atoms with Gasteiger partial charge in [-0.1, -0.05) is 19.9 Å². The topological polar surface area (TPSA) is 29.1 Å². The molecule has 0 spiro atoms. The fourth-order valence-electron chi connectivity index (χ4n) is 1.21. The van der Waals surface area contributed by atoms with Crippen LogP contribution in [0, 0.1) is 6.92 Å². The predicted molar refractivity (Wildman–Crippen MR) is 67.6 cm³/mol. The summed E-state index contributed by atoms with van der Waals surface area (Å²) < 4.78 is 11.2. The van der Waals surface area contributed by atoms with Gasteiger partial charge in [0.2, 0.25) is 0 Å². The molecule has 0 aliphatic heterocycles. The molecule has 1 atom stereocenters. The van der Waals surface area contributed by atoms with Gasteiger partial charge in [0.05, 0.1) is 0 Å². The highest BCUT2D eigenvalue weighted by atomic mass is 32.2. The molecule has 1 rings (SSSR count). The summed E-state index contributed by atoms with van der Waals surface area (Å²) in [5.74, 6) is 0. The average Bonchev–Trinajstić information content (AvgIpc) is 2.24. The lowest BCUT2D eigenvalue weighted by Crippen LogP contribution is -2.07. The van der Waals surface area contributed by atoms with Crippen molar-refractivity contribution >= 4 is 10.8 Å². The maximum absolute atomic E-state index is 11.2. The molecule has 1 aromatic rings. The Kier molecular flexibility index (Phi) is 7.26. The summed E-state index contributed by atoms with van der Waals surface area (Å²) in [6.45, 7) is 6.89. The molecule has 0 aliphatic carbocycles. The molecule has 1 N–H and O–H groups in total. The minimum Gasteiger partial charge on any atom is -0.316 e. The third-order valence-corrected chi connectivity index (χ3v) is 2.94. The molecule has 1 unspecified atom stereocenters. The normalized spacial score (nSPS) is 11.5. The quantitative estimate of drug-likeness (QED) is 0.859. The number of rotatable bonds is 3. The van der Waals surface area contributed by atoms with E-state index in [-0.39, 0.29) is 0 Å². The van der Waals surface area contributed by atoms with E-state index in [0.29, 0.717) is 0 Å². The Labute approximate surface area is 95.6 Å². The van der Waals surface area contributed by atoms with E-state index in [2.05, 4.69) is 12.2 Å². The average molecular weight is 227 g/mol. The fourth-order valence-corrected chi connectivity index (χ4v) is 1.78. The summed E-state index contributed by atoms with van der Waals surface area (Å²) >= 11 is 0. The smallest absolute Gasteiger partial charge is 0.0498 e. The molecule has 0 fully saturated rings. The molecule has 3 heteroatoms. The lowest BCUT2D eigenvalue weighted by atomic mass is 10.1. The Balaban J connectivity index is 0.000000921. The van der Waals surface area contributed by atoms with Crippen LogP contribution < -0.4 is 5.32 Å². The Morgan fingerprint density at radius 2 is 1.93 bits per heavy atom. The second-order valence-corrected chi connectivity index (χ2v) is 4.45. The van der Waals surface area contributed by atoms with Crippen molar-refractivity contribution in [1.82, 2.24) is 5.32 Å². The van der Waals surface area contributed by atoms with E-state index in [1.807, 2.05) is 39.1 Å². The van der Waals surface area contributed by atoms with Crippen LogP contribution in [-0.2, 0) is 17.3 Å². The van der Waals surface area contributed by atoms with Crippen LogP contribution in [0.4, 0.5) is 0 Å². The minimum absolute atomic E-state index is 0.830. The lowest BCUT2D eigenvalue weighted by molar-refractivity contribution is 0.686. The first-order valence-electron chi connectivity index (χ1n) is 5.22. The van der Waals surface area contributed by atoms with Gasteiger partial charge in [-0.3, -0.25) is 4.21 Å². The monoisotopic (exact) mass is 227 g/mol. The zero-order valence-corrected chi connectivity index (χ0v) is 11.1. The fraction of sp³-hybridized carbons (Fsp3) is 0.500. The Morgan fingerprint density at radius 1 is 1.33 bits per heavy atom. The van der Waals surface area contributed by atoms with Crippen LogP contribution in [0.2, 0.25) is 0 Å². The molecule has 0 heterocycles. The zero-order chi connectivity index (χ0) is 11.8. The summed E-state index contributed by atoms with van der Waals surface area (Å²) in [7, 11) is 1.03. The van der Waals surface area contributed by atoms with Crippen molar-refractivity contribution in [2.45, 2.75) is 32.2 Å². The number of benzene rings is 1. The number of aryl methyl sites for hydroxylation is 1. The summed E-state index contributed by atoms with van der Waals surface area (Å²) in [4.78, 5) is 0.899. The summed E-state index contributed by atoms with van der Waals surface area (Å²) in [5, 5.41) is 3.09. The molecule has 0 saturated heterocycles. The van der Waals surface area contributed by atoms with Gasteiger partial charge in [0.15, 0.2) is 0 Å². The SMILES string of the molecule is CC.CNCc1cc(S(C)=O)ccc1C. The molecular formula is C12H21NOS. The van der Waals surface area contributed by atoms with Crippen LogP contribution >= 0.6 is 0 Å². The van der Waals surface area contributed by atoms with Crippen molar-refractivity contribution in [2.75, 3.05) is 13.3 Å². The summed E-state index contributed by atoms with van der Waals surface area (Å²) in [6, 6.07) is 5.94. The van der Waals surface area contributed by atoms with Gasteiger partial charge in [0.25, 0.3) is 0 Å². The van der Waals surface area contributed by atoms with Gasteiger partial charge in [-0.05, 0) is 37.2 Å². The molecule has 0 amide bonds. The second kappa shape index (κ2) is 7.60. The molecule has 15 heavy (non-hydrogen) atoms. The Morgan fingerprint density at radius 3 is 2.40 bits per heavy atom. The Hall–Kier alpha value is -0.670. The zero-order valence-electron chi connectivity index (χ0n) is 10.3. The minimum atomic E-state index is -0.879. The van der Waals surface area contributed by atoms with Gasteiger partial charge in [-0.2, -0.15) is 0 Å². The van der Waals surface area contributed by atoms with E-state index >= 15 is 0 Å². The van der Waals surface area contributed by atoms with Crippen LogP contribution in [0.3, 0.4) is 0 Å². The van der Waals surface area contributed by atoms with Crippen molar-refractivity contribution in [3.05, 3.63) is 29.3 Å². The van der Waals surface area contributed by atoms with E-state index in [4.69, 9.17) is 0 Å². The highest BCUT2D eigenvalue weighted by Gasteiger charge is 2.01. The van der Waals surface area contributed by atoms with Crippen molar-refractivity contribution in [2.24, 2.45) is 0 Å². The van der Waals surface area contributed by atoms with Crippen LogP contribution in [0.25, 0.3) is 0 Å². The van der Waals surface area contributed by atoms with Crippen LogP contribution in [-0.4, -0.2) is 17.5 Å². The molecule has 2 nitrogen and oxygen atoms in total. The molecule has 0 aliphatic rings. The number of hydrogen-bond donors (Lipinski definition) is 1. The largest absolute Gasteiger partial charge is 0.316 e. The highest BCUT2D eigenvalue weighted by Crippen LogP contribution is 2.13. The van der Waals surface area contributed by atoms with Gasteiger partial charge >= 0.3 is 0 Å². The molecule has 0 saturated carbocycles. The van der Waals surface area contributed by atoms with Gasteiger partial charge < -0.3 is 5.32 Å². The first-order valence-corrected chi connectivity index (χ1v) is 6.78. The number of hydrogen-bond acceptors (Lipinski definition) is 2. The third kappa shape index (κ3) is 4.58. The van der Waals surface area contributed by atoms with Crippen LogP contribution in [0.5, 0.6) is 0 Å². The van der Waals surface area contributed by atoms with E-state index in [9.17, 15) is 4.21 Å². The van der Waals surface area contributed by atoms with Crippen molar-refractivity contribution in [1.29, 1.82) is 0 Å². The highest BCUT2D eigenvalue weighted by molar-refractivity contribution is 7.84. The first kappa shape index (κ1) is 14.3. The Bertz CT molecular complexity index is 323. The van der Waals surface area contributed by atoms with Crippen LogP contribution in [0.15, 0.2) is 23.1 Å². The van der Waals surface area contributed by atoms with Crippen molar-refractivity contribution in [3.63, 3.8) is 0 Å². The predicted octanol–water partition coefficient (Wildman–Crippen LogP) is 2.48. The van der Waals surface area contributed by atoms with Crippen molar-refractivity contribution < 1.29 is 4.21 Å². The van der Waals surface area contributed by atoms with Crippen molar-refractivity contribution in [3.8, 4) is 0 Å². The molecule has 0 aromatic heterocycles. The van der Waals surface area contributed by atoms with Gasteiger partial charge in [0, 0.05) is 28.5 Å². The molecule has 1 aromatic carbocycles. The third-order valence-electron chi connectivity index (χ3n) is 2.02. The van der Waals surface area contributed by atoms with Gasteiger partial charge in [0.1, 0.15) is 0 Å². The molecule has 0 bridgehead atoms. The van der Waals surface area contributed by atoms with Crippen LogP contribution in [0.1, 0.15) is 25.0 Å². The maximum Gasteiger partial charge on any atom is 0.0498 e. The van der Waals surface area contributed by atoms with Gasteiger partial charge in [-0.15, -0.1) is 0 Å². The summed E-state index contributed by atoms with van der Waals surface area (Å²) in [6.07, 6.45) is 1.70. The van der Waals surface area contributed by atoms with E-state index in [0.717, 1.165) is 11.4 Å². The molecule has 0 radical (unpaired) electrons. The maximum atomic E-state index is 11.2. The van der Waals surface area contributed by atoms with Gasteiger partial charge in [-0.25, -0.2) is 0 Å².